The molecule has 2 saturated heterocycles. The first kappa shape index (κ1) is 19.7. The zero-order valence-corrected chi connectivity index (χ0v) is 18.1. The maximum Gasteiger partial charge on any atom is 0.220 e. The van der Waals surface area contributed by atoms with Crippen molar-refractivity contribution in [1.82, 2.24) is 10.2 Å². The van der Waals surface area contributed by atoms with Crippen molar-refractivity contribution in [2.45, 2.75) is 43.7 Å². The lowest BCUT2D eigenvalue weighted by Crippen LogP contribution is -2.56. The minimum atomic E-state index is -0.384. The van der Waals surface area contributed by atoms with E-state index in [9.17, 15) is 9.18 Å². The topological polar surface area (TPSA) is 32.3 Å². The summed E-state index contributed by atoms with van der Waals surface area (Å²) < 4.78 is 14.8. The molecular weight excluding hydrogens is 399 g/mol. The second-order valence-electron chi connectivity index (χ2n) is 9.63. The fraction of sp³-hybridized carbons (Fsp3) is 0.321. The number of nitrogens with zero attached hydrogens (tertiary/aromatic N) is 1. The number of piperidine rings is 1. The highest BCUT2D eigenvalue weighted by Gasteiger charge is 2.49. The standard InChI is InChI=1S/C28H27FN2O/c29-26-9-4-3-8-24(26)25-17-31(18-28(25)13-5-10-27(32)30-28)16-19-11-12-23-21(14-19)15-20-6-1-2-7-22(20)23/h1-4,6-9,11-12,14,25H,5,10,13,15-18H2,(H,30,32)/t25-,28+/m0/s1. The Morgan fingerprint density at radius 2 is 1.81 bits per heavy atom. The number of halogens is 1. The third kappa shape index (κ3) is 3.25. The lowest BCUT2D eigenvalue weighted by Gasteiger charge is -2.39. The Kier molecular flexibility index (Phi) is 4.65. The van der Waals surface area contributed by atoms with Crippen molar-refractivity contribution in [2.24, 2.45) is 0 Å². The van der Waals surface area contributed by atoms with E-state index in [4.69, 9.17) is 0 Å². The van der Waals surface area contributed by atoms with Crippen molar-refractivity contribution < 1.29 is 9.18 Å². The summed E-state index contributed by atoms with van der Waals surface area (Å²) in [6, 6.07) is 22.5. The number of hydrogen-bond donors (Lipinski definition) is 1. The van der Waals surface area contributed by atoms with Gasteiger partial charge in [-0.1, -0.05) is 60.7 Å². The number of rotatable bonds is 3. The Morgan fingerprint density at radius 1 is 1.00 bits per heavy atom. The molecule has 3 aliphatic rings. The fourth-order valence-corrected chi connectivity index (χ4v) is 6.18. The molecule has 4 heteroatoms. The van der Waals surface area contributed by atoms with Crippen LogP contribution in [-0.2, 0) is 17.8 Å². The van der Waals surface area contributed by atoms with Gasteiger partial charge in [0.15, 0.2) is 0 Å². The number of carbonyl (C=O) groups is 1. The Labute approximate surface area is 188 Å². The first-order valence-corrected chi connectivity index (χ1v) is 11.6. The third-order valence-corrected chi connectivity index (χ3v) is 7.57. The quantitative estimate of drug-likeness (QED) is 0.498. The Hall–Kier alpha value is -2.98. The molecule has 2 atom stereocenters. The van der Waals surface area contributed by atoms with Gasteiger partial charge in [-0.2, -0.15) is 0 Å². The summed E-state index contributed by atoms with van der Waals surface area (Å²) in [5.41, 5.74) is 7.08. The zero-order valence-electron chi connectivity index (χ0n) is 18.1. The minimum absolute atomic E-state index is 0.0355. The molecule has 3 nitrogen and oxygen atoms in total. The van der Waals surface area contributed by atoms with Gasteiger partial charge in [0.25, 0.3) is 0 Å². The molecule has 0 aromatic heterocycles. The first-order valence-electron chi connectivity index (χ1n) is 11.6. The van der Waals surface area contributed by atoms with Crippen LogP contribution in [0.1, 0.15) is 47.4 Å². The highest BCUT2D eigenvalue weighted by atomic mass is 19.1. The summed E-state index contributed by atoms with van der Waals surface area (Å²) in [7, 11) is 0. The summed E-state index contributed by atoms with van der Waals surface area (Å²) in [6.45, 7) is 2.32. The van der Waals surface area contributed by atoms with E-state index in [1.807, 2.05) is 12.1 Å². The lowest BCUT2D eigenvalue weighted by molar-refractivity contribution is -0.125. The van der Waals surface area contributed by atoms with Crippen molar-refractivity contribution in [3.63, 3.8) is 0 Å². The Bertz CT molecular complexity index is 1210. The second-order valence-corrected chi connectivity index (χ2v) is 9.63. The normalized spacial score (nSPS) is 24.4. The third-order valence-electron chi connectivity index (χ3n) is 7.57. The van der Waals surface area contributed by atoms with E-state index in [0.29, 0.717) is 6.42 Å². The number of carbonyl (C=O) groups excluding carboxylic acids is 1. The Morgan fingerprint density at radius 3 is 2.69 bits per heavy atom. The number of hydrogen-bond acceptors (Lipinski definition) is 2. The van der Waals surface area contributed by atoms with Gasteiger partial charge in [-0.25, -0.2) is 4.39 Å². The molecule has 2 aliphatic heterocycles. The van der Waals surface area contributed by atoms with Gasteiger partial charge < -0.3 is 5.32 Å². The van der Waals surface area contributed by atoms with E-state index < -0.39 is 0 Å². The van der Waals surface area contributed by atoms with Gasteiger partial charge in [-0.3, -0.25) is 9.69 Å². The average molecular weight is 427 g/mol. The predicted molar refractivity (Wildman–Crippen MR) is 124 cm³/mol. The Balaban J connectivity index is 1.28. The van der Waals surface area contributed by atoms with Crippen LogP contribution in [0.3, 0.4) is 0 Å². The summed E-state index contributed by atoms with van der Waals surface area (Å²) >= 11 is 0. The predicted octanol–water partition coefficient (Wildman–Crippen LogP) is 5.04. The molecule has 2 heterocycles. The van der Waals surface area contributed by atoms with E-state index >= 15 is 0 Å². The van der Waals surface area contributed by atoms with Gasteiger partial charge in [-0.05, 0) is 58.7 Å². The van der Waals surface area contributed by atoms with E-state index in [2.05, 4.69) is 52.7 Å². The number of nitrogens with one attached hydrogen (secondary N) is 1. The van der Waals surface area contributed by atoms with Crippen molar-refractivity contribution >= 4 is 5.91 Å². The molecule has 3 aromatic carbocycles. The van der Waals surface area contributed by atoms with Crippen molar-refractivity contribution in [2.75, 3.05) is 13.1 Å². The molecule has 2 fully saturated rings. The molecule has 1 amide bonds. The number of likely N-dealkylation sites (tertiary alicyclic amines) is 1. The maximum atomic E-state index is 14.8. The first-order chi connectivity index (χ1) is 15.6. The van der Waals surface area contributed by atoms with Crippen molar-refractivity contribution in [1.29, 1.82) is 0 Å². The largest absolute Gasteiger partial charge is 0.349 e. The summed E-state index contributed by atoms with van der Waals surface area (Å²) in [5.74, 6) is -0.116. The molecule has 0 radical (unpaired) electrons. The SMILES string of the molecule is O=C1CCC[C@]2(CN(Cc3ccc4c(c3)Cc3ccccc3-4)C[C@H]2c2ccccc2F)N1. The fourth-order valence-electron chi connectivity index (χ4n) is 6.18. The van der Waals surface area contributed by atoms with Gasteiger partial charge in [0.1, 0.15) is 5.82 Å². The van der Waals surface area contributed by atoms with Crippen molar-refractivity contribution in [3.8, 4) is 11.1 Å². The molecule has 0 unspecified atom stereocenters. The second kappa shape index (κ2) is 7.56. The summed E-state index contributed by atoms with van der Waals surface area (Å²) in [5, 5.41) is 3.29. The van der Waals surface area contributed by atoms with Crippen LogP contribution in [0.15, 0.2) is 66.7 Å². The van der Waals surface area contributed by atoms with Crippen LogP contribution in [-0.4, -0.2) is 29.4 Å². The van der Waals surface area contributed by atoms with Crippen LogP contribution in [0.2, 0.25) is 0 Å². The molecule has 32 heavy (non-hydrogen) atoms. The minimum Gasteiger partial charge on any atom is -0.349 e. The van der Waals surface area contributed by atoms with Crippen LogP contribution < -0.4 is 5.32 Å². The molecule has 3 aromatic rings. The molecule has 1 N–H and O–H groups in total. The molecule has 1 aliphatic carbocycles. The van der Waals surface area contributed by atoms with E-state index in [1.54, 1.807) is 6.07 Å². The molecule has 1 spiro atoms. The average Bonchev–Trinajstić information content (AvgIpc) is 3.31. The van der Waals surface area contributed by atoms with Crippen LogP contribution in [0.25, 0.3) is 11.1 Å². The lowest BCUT2D eigenvalue weighted by atomic mass is 9.76. The number of fused-ring (bicyclic) bond motifs is 3. The van der Waals surface area contributed by atoms with Gasteiger partial charge in [0, 0.05) is 32.0 Å². The van der Waals surface area contributed by atoms with Crippen LogP contribution in [0, 0.1) is 5.82 Å². The van der Waals surface area contributed by atoms with E-state index in [-0.39, 0.29) is 23.2 Å². The monoisotopic (exact) mass is 426 g/mol. The molecular formula is C28H27FN2O. The van der Waals surface area contributed by atoms with E-state index in [1.165, 1.54) is 33.9 Å². The summed E-state index contributed by atoms with van der Waals surface area (Å²) in [4.78, 5) is 14.8. The molecule has 162 valence electrons. The van der Waals surface area contributed by atoms with Gasteiger partial charge in [0.2, 0.25) is 5.91 Å². The highest BCUT2D eigenvalue weighted by molar-refractivity contribution is 5.78. The van der Waals surface area contributed by atoms with Crippen LogP contribution in [0.4, 0.5) is 4.39 Å². The van der Waals surface area contributed by atoms with Crippen molar-refractivity contribution in [3.05, 3.63) is 94.8 Å². The van der Waals surface area contributed by atoms with Crippen LogP contribution in [0.5, 0.6) is 0 Å². The summed E-state index contributed by atoms with van der Waals surface area (Å²) in [6.07, 6.45) is 3.31. The van der Waals surface area contributed by atoms with Gasteiger partial charge in [0.05, 0.1) is 5.54 Å². The zero-order chi connectivity index (χ0) is 21.7. The molecule has 0 saturated carbocycles. The smallest absolute Gasteiger partial charge is 0.220 e. The number of benzene rings is 3. The van der Waals surface area contributed by atoms with Gasteiger partial charge >= 0.3 is 0 Å². The van der Waals surface area contributed by atoms with Crippen LogP contribution >= 0.6 is 0 Å². The number of amides is 1. The molecule has 0 bridgehead atoms. The molecule has 6 rings (SSSR count). The van der Waals surface area contributed by atoms with Gasteiger partial charge in [-0.15, -0.1) is 0 Å². The van der Waals surface area contributed by atoms with E-state index in [0.717, 1.165) is 44.5 Å². The maximum absolute atomic E-state index is 14.8. The highest BCUT2D eigenvalue weighted by Crippen LogP contribution is 2.43.